The third-order valence-corrected chi connectivity index (χ3v) is 6.09. The third kappa shape index (κ3) is 8.62. The van der Waals surface area contributed by atoms with Crippen molar-refractivity contribution in [3.8, 4) is 5.75 Å². The molecule has 1 N–H and O–H groups in total. The Balaban J connectivity index is 1.81. The Labute approximate surface area is 164 Å². The number of hydrogen-bond donors (Lipinski definition) is 1. The van der Waals surface area contributed by atoms with Gasteiger partial charge in [0.2, 0.25) is 10.0 Å². The maximum atomic E-state index is 12.3. The van der Waals surface area contributed by atoms with Crippen molar-refractivity contribution in [2.45, 2.75) is 71.9 Å². The summed E-state index contributed by atoms with van der Waals surface area (Å²) in [7, 11) is -3.35. The number of sulfonamides is 1. The first-order valence-corrected chi connectivity index (χ1v) is 11.6. The fourth-order valence-corrected chi connectivity index (χ4v) is 4.47. The number of benzene rings is 1. The lowest BCUT2D eigenvalue weighted by Crippen LogP contribution is -2.29. The molecule has 0 aliphatic heterocycles. The van der Waals surface area contributed by atoms with Crippen LogP contribution in [0.2, 0.25) is 0 Å². The van der Waals surface area contributed by atoms with Gasteiger partial charge in [0.15, 0.2) is 0 Å². The average molecular weight is 398 g/mol. The number of nitrogens with one attached hydrogen (secondary N) is 1. The van der Waals surface area contributed by atoms with Crippen LogP contribution in [0.1, 0.15) is 71.4 Å². The van der Waals surface area contributed by atoms with Crippen LogP contribution in [0.5, 0.6) is 5.75 Å². The minimum absolute atomic E-state index is 0.0692. The van der Waals surface area contributed by atoms with Crippen LogP contribution in [-0.4, -0.2) is 33.5 Å². The van der Waals surface area contributed by atoms with Gasteiger partial charge in [-0.05, 0) is 62.1 Å². The lowest BCUT2D eigenvalue weighted by atomic mass is 9.99. The Kier molecular flexibility index (Phi) is 8.13. The van der Waals surface area contributed by atoms with Crippen LogP contribution in [0.25, 0.3) is 0 Å². The summed E-state index contributed by atoms with van der Waals surface area (Å²) in [6, 6.07) is 7.44. The minimum Gasteiger partial charge on any atom is -0.490 e. The molecule has 1 saturated carbocycles. The molecule has 0 saturated heterocycles. The summed E-state index contributed by atoms with van der Waals surface area (Å²) < 4.78 is 39.0. The molecule has 2 rings (SSSR count). The number of hydrogen-bond acceptors (Lipinski definition) is 4. The Morgan fingerprint density at radius 1 is 1.22 bits per heavy atom. The van der Waals surface area contributed by atoms with E-state index in [1.54, 1.807) is 0 Å². The second-order valence-corrected chi connectivity index (χ2v) is 10.6. The maximum absolute atomic E-state index is 12.3. The third-order valence-electron chi connectivity index (χ3n) is 4.56. The molecule has 1 fully saturated rings. The molecule has 1 aliphatic carbocycles. The van der Waals surface area contributed by atoms with Crippen LogP contribution in [0, 0.1) is 5.41 Å². The molecule has 1 aliphatic rings. The molecule has 0 heterocycles. The van der Waals surface area contributed by atoms with Crippen LogP contribution < -0.4 is 9.46 Å². The van der Waals surface area contributed by atoms with Gasteiger partial charge < -0.3 is 9.47 Å². The van der Waals surface area contributed by atoms with Gasteiger partial charge in [-0.1, -0.05) is 32.9 Å². The highest BCUT2D eigenvalue weighted by Crippen LogP contribution is 2.26. The van der Waals surface area contributed by atoms with Gasteiger partial charge in [-0.15, -0.1) is 0 Å². The van der Waals surface area contributed by atoms with E-state index in [1.165, 1.54) is 12.8 Å². The first-order valence-electron chi connectivity index (χ1n) is 9.99. The Morgan fingerprint density at radius 3 is 2.59 bits per heavy atom. The first kappa shape index (κ1) is 22.2. The van der Waals surface area contributed by atoms with Crippen LogP contribution in [0.3, 0.4) is 0 Å². The Hall–Kier alpha value is -1.11. The molecule has 154 valence electrons. The second kappa shape index (κ2) is 9.89. The smallest absolute Gasteiger partial charge is 0.212 e. The van der Waals surface area contributed by atoms with Crippen molar-refractivity contribution >= 4 is 10.0 Å². The molecule has 1 aromatic rings. The normalized spacial score (nSPS) is 17.2. The van der Waals surface area contributed by atoms with Gasteiger partial charge in [-0.2, -0.15) is 0 Å². The molecule has 5 nitrogen and oxygen atoms in total. The minimum atomic E-state index is -3.35. The van der Waals surface area contributed by atoms with Gasteiger partial charge in [0.05, 0.1) is 18.5 Å². The van der Waals surface area contributed by atoms with E-state index in [0.717, 1.165) is 24.2 Å². The fraction of sp³-hybridized carbons (Fsp3) is 0.714. The SMILES string of the molecule is CC(NS(=O)(=O)CCCOCC(C)(C)C)c1cccc(OC2CCCC2)c1. The summed E-state index contributed by atoms with van der Waals surface area (Å²) in [5, 5.41) is 0. The number of ether oxygens (including phenoxy) is 2. The van der Waals surface area contributed by atoms with Crippen molar-refractivity contribution in [1.82, 2.24) is 4.72 Å². The molecule has 0 spiro atoms. The summed E-state index contributed by atoms with van der Waals surface area (Å²) in [5.41, 5.74) is 1.01. The van der Waals surface area contributed by atoms with Crippen LogP contribution in [0.4, 0.5) is 0 Å². The highest BCUT2D eigenvalue weighted by atomic mass is 32.2. The van der Waals surface area contributed by atoms with Gasteiger partial charge in [-0.25, -0.2) is 13.1 Å². The quantitative estimate of drug-likeness (QED) is 0.593. The summed E-state index contributed by atoms with van der Waals surface area (Å²) in [4.78, 5) is 0. The molecule has 1 aromatic carbocycles. The summed E-state index contributed by atoms with van der Waals surface area (Å²) in [6.07, 6.45) is 5.43. The lowest BCUT2D eigenvalue weighted by Gasteiger charge is -2.19. The molecular weight excluding hydrogens is 362 g/mol. The van der Waals surface area contributed by atoms with Gasteiger partial charge in [0.1, 0.15) is 5.75 Å². The van der Waals surface area contributed by atoms with Crippen LogP contribution >= 0.6 is 0 Å². The van der Waals surface area contributed by atoms with Gasteiger partial charge >= 0.3 is 0 Å². The van der Waals surface area contributed by atoms with Crippen molar-refractivity contribution in [2.24, 2.45) is 5.41 Å². The maximum Gasteiger partial charge on any atom is 0.212 e. The van der Waals surface area contributed by atoms with Crippen LogP contribution in [-0.2, 0) is 14.8 Å². The van der Waals surface area contributed by atoms with E-state index in [4.69, 9.17) is 9.47 Å². The second-order valence-electron chi connectivity index (χ2n) is 8.72. The zero-order valence-electron chi connectivity index (χ0n) is 17.2. The van der Waals surface area contributed by atoms with Crippen LogP contribution in [0.15, 0.2) is 24.3 Å². The van der Waals surface area contributed by atoms with Crippen molar-refractivity contribution < 1.29 is 17.9 Å². The largest absolute Gasteiger partial charge is 0.490 e. The highest BCUT2D eigenvalue weighted by molar-refractivity contribution is 7.89. The summed E-state index contributed by atoms with van der Waals surface area (Å²) in [5.74, 6) is 0.890. The van der Waals surface area contributed by atoms with E-state index in [1.807, 2.05) is 31.2 Å². The van der Waals surface area contributed by atoms with Gasteiger partial charge in [0, 0.05) is 12.6 Å². The van der Waals surface area contributed by atoms with Crippen molar-refractivity contribution in [2.75, 3.05) is 19.0 Å². The zero-order valence-corrected chi connectivity index (χ0v) is 18.0. The standard InChI is InChI=1S/C21H35NO4S/c1-17(22-27(23,24)14-8-13-25-16-21(2,3)4)18-9-7-12-20(15-18)26-19-10-5-6-11-19/h7,9,12,15,17,19,22H,5-6,8,10-11,13-14,16H2,1-4H3. The molecule has 0 bridgehead atoms. The lowest BCUT2D eigenvalue weighted by molar-refractivity contribution is 0.0720. The van der Waals surface area contributed by atoms with Crippen molar-refractivity contribution in [3.05, 3.63) is 29.8 Å². The van der Waals surface area contributed by atoms with Crippen molar-refractivity contribution in [1.29, 1.82) is 0 Å². The summed E-state index contributed by atoms with van der Waals surface area (Å²) >= 11 is 0. The van der Waals surface area contributed by atoms with Gasteiger partial charge in [0.25, 0.3) is 0 Å². The highest BCUT2D eigenvalue weighted by Gasteiger charge is 2.19. The number of rotatable bonds is 10. The zero-order chi connectivity index (χ0) is 19.9. The molecular formula is C21H35NO4S. The molecule has 6 heteroatoms. The summed E-state index contributed by atoms with van der Waals surface area (Å²) in [6.45, 7) is 9.23. The molecule has 27 heavy (non-hydrogen) atoms. The Morgan fingerprint density at radius 2 is 1.93 bits per heavy atom. The molecule has 1 unspecified atom stereocenters. The topological polar surface area (TPSA) is 64.6 Å². The average Bonchev–Trinajstić information content (AvgIpc) is 3.06. The predicted octanol–water partition coefficient (Wildman–Crippen LogP) is 4.44. The predicted molar refractivity (Wildman–Crippen MR) is 110 cm³/mol. The van der Waals surface area contributed by atoms with Gasteiger partial charge in [-0.3, -0.25) is 0 Å². The fourth-order valence-electron chi connectivity index (χ4n) is 3.18. The van der Waals surface area contributed by atoms with E-state index in [2.05, 4.69) is 25.5 Å². The molecule has 0 radical (unpaired) electrons. The van der Waals surface area contributed by atoms with E-state index in [0.29, 0.717) is 25.7 Å². The first-order chi connectivity index (χ1) is 12.6. The van der Waals surface area contributed by atoms with E-state index in [9.17, 15) is 8.42 Å². The molecule has 1 atom stereocenters. The monoisotopic (exact) mass is 397 g/mol. The van der Waals surface area contributed by atoms with E-state index >= 15 is 0 Å². The van der Waals surface area contributed by atoms with E-state index < -0.39 is 10.0 Å². The molecule has 0 amide bonds. The van der Waals surface area contributed by atoms with Crippen molar-refractivity contribution in [3.63, 3.8) is 0 Å². The molecule has 0 aromatic heterocycles. The Bertz CT molecular complexity index is 676. The van der Waals surface area contributed by atoms with E-state index in [-0.39, 0.29) is 17.2 Å².